The number of rotatable bonds is 4. The number of fused-ring (bicyclic) bond motifs is 18. The minimum absolute atomic E-state index is 0.0889. The smallest absolute Gasteiger partial charge is 0.0547 e. The molecule has 1 nitrogen and oxygen atoms in total. The fourth-order valence-corrected chi connectivity index (χ4v) is 14.0. The molecule has 0 radical (unpaired) electrons. The number of hydrogen-bond donors (Lipinski definition) is 0. The first-order valence-corrected chi connectivity index (χ1v) is 26.3. The van der Waals surface area contributed by atoms with Crippen LogP contribution in [0.25, 0.3) is 146 Å². The molecule has 0 unspecified atom stereocenters. The van der Waals surface area contributed by atoms with Gasteiger partial charge in [-0.25, -0.2) is 0 Å². The van der Waals surface area contributed by atoms with Crippen LogP contribution in [-0.2, 0) is 5.41 Å². The Kier molecular flexibility index (Phi) is 8.45. The van der Waals surface area contributed by atoms with Crippen LogP contribution in [0.5, 0.6) is 0 Å². The molecule has 0 spiro atoms. The molecule has 1 aliphatic carbocycles. The second-order valence-corrected chi connectivity index (χ2v) is 21.9. The number of nitrogens with zero attached hydrogens (tertiary/aromatic N) is 1. The highest BCUT2D eigenvalue weighted by molar-refractivity contribution is 7.25. The van der Waals surface area contributed by atoms with Gasteiger partial charge in [-0.2, -0.15) is 0 Å². The Morgan fingerprint density at radius 1 is 0.301 bits per heavy atom. The third-order valence-electron chi connectivity index (χ3n) is 16.5. The molecule has 1 aliphatic rings. The molecule has 2 heterocycles. The van der Waals surface area contributed by atoms with Crippen molar-refractivity contribution in [2.75, 3.05) is 0 Å². The van der Waals surface area contributed by atoms with Gasteiger partial charge in [0, 0.05) is 42.0 Å². The lowest BCUT2D eigenvalue weighted by molar-refractivity contribution is 0.661. The van der Waals surface area contributed by atoms with E-state index in [0.717, 1.165) is 5.69 Å². The summed E-state index contributed by atoms with van der Waals surface area (Å²) in [4.78, 5) is 0. The van der Waals surface area contributed by atoms with Crippen LogP contribution in [0.3, 0.4) is 0 Å². The lowest BCUT2D eigenvalue weighted by Gasteiger charge is -2.22. The maximum atomic E-state index is 2.49. The zero-order chi connectivity index (χ0) is 48.1. The molecular formula is C71H45NS. The molecule has 0 aliphatic heterocycles. The summed E-state index contributed by atoms with van der Waals surface area (Å²) >= 11 is 1.89. The summed E-state index contributed by atoms with van der Waals surface area (Å²) in [7, 11) is 0. The largest absolute Gasteiger partial charge is 0.309 e. The van der Waals surface area contributed by atoms with E-state index in [1.807, 2.05) is 11.3 Å². The number of aromatic nitrogens is 1. The predicted octanol–water partition coefficient (Wildman–Crippen LogP) is 20.2. The van der Waals surface area contributed by atoms with Gasteiger partial charge in [0.05, 0.1) is 11.0 Å². The molecule has 16 rings (SSSR count). The van der Waals surface area contributed by atoms with Crippen LogP contribution in [0.1, 0.15) is 25.0 Å². The van der Waals surface area contributed by atoms with Crippen LogP contribution in [0.15, 0.2) is 237 Å². The molecule has 2 heteroatoms. The summed E-state index contributed by atoms with van der Waals surface area (Å²) in [5, 5.41) is 17.9. The molecule has 13 aromatic carbocycles. The van der Waals surface area contributed by atoms with Crippen LogP contribution in [0.4, 0.5) is 0 Å². The molecular weight excluding hydrogens is 899 g/mol. The Bertz CT molecular complexity index is 4870. The average molecular weight is 944 g/mol. The molecule has 15 aromatic rings. The molecule has 0 atom stereocenters. The van der Waals surface area contributed by atoms with Gasteiger partial charge in [-0.1, -0.05) is 178 Å². The standard InChI is InChI=1S/C71H45NS/c1-71(2)64-30-25-43-15-8-9-20-52(43)70(64)56-29-24-50(38-65(56)71)49-27-32-69-63(37-49)62-36-48(26-31-68(62)73-69)47-23-28-55-57(34-47)53-21-10-11-22-54(53)59-41-67-61(40-58(55)59)60-35-45-16-6-7-17-46(45)39-66(60)72(67)51-19-12-18-44(33-51)42-13-4-3-5-14-42/h3-41H,1-2H3. The van der Waals surface area contributed by atoms with Gasteiger partial charge in [-0.05, 0) is 182 Å². The Morgan fingerprint density at radius 2 is 0.836 bits per heavy atom. The lowest BCUT2D eigenvalue weighted by Crippen LogP contribution is -2.15. The monoisotopic (exact) mass is 943 g/mol. The van der Waals surface area contributed by atoms with E-state index in [2.05, 4.69) is 255 Å². The summed E-state index contributed by atoms with van der Waals surface area (Å²) in [5.74, 6) is 0. The van der Waals surface area contributed by atoms with Crippen molar-refractivity contribution in [3.05, 3.63) is 248 Å². The zero-order valence-electron chi connectivity index (χ0n) is 40.4. The molecule has 340 valence electrons. The number of hydrogen-bond acceptors (Lipinski definition) is 1. The Labute approximate surface area is 426 Å². The number of benzene rings is 13. The van der Waals surface area contributed by atoms with Gasteiger partial charge in [0.1, 0.15) is 0 Å². The first-order valence-electron chi connectivity index (χ1n) is 25.5. The van der Waals surface area contributed by atoms with E-state index in [0.29, 0.717) is 0 Å². The molecule has 0 saturated carbocycles. The normalized spacial score (nSPS) is 13.2. The molecule has 0 bridgehead atoms. The maximum Gasteiger partial charge on any atom is 0.0547 e. The van der Waals surface area contributed by atoms with Crippen LogP contribution in [-0.4, -0.2) is 4.57 Å². The second-order valence-electron chi connectivity index (χ2n) is 20.8. The quantitative estimate of drug-likeness (QED) is 0.155. The third-order valence-corrected chi connectivity index (χ3v) is 17.7. The summed E-state index contributed by atoms with van der Waals surface area (Å²) in [6.07, 6.45) is 0. The highest BCUT2D eigenvalue weighted by Gasteiger charge is 2.36. The van der Waals surface area contributed by atoms with Gasteiger partial charge in [0.25, 0.3) is 0 Å². The van der Waals surface area contributed by atoms with E-state index in [-0.39, 0.29) is 5.41 Å². The van der Waals surface area contributed by atoms with E-state index < -0.39 is 0 Å². The minimum atomic E-state index is -0.0889. The van der Waals surface area contributed by atoms with Gasteiger partial charge in [0.2, 0.25) is 0 Å². The zero-order valence-corrected chi connectivity index (χ0v) is 41.2. The highest BCUT2D eigenvalue weighted by Crippen LogP contribution is 2.53. The van der Waals surface area contributed by atoms with Crippen LogP contribution in [0.2, 0.25) is 0 Å². The van der Waals surface area contributed by atoms with Crippen molar-refractivity contribution in [3.63, 3.8) is 0 Å². The van der Waals surface area contributed by atoms with Gasteiger partial charge in [0.15, 0.2) is 0 Å². The molecule has 2 aromatic heterocycles. The lowest BCUT2D eigenvalue weighted by atomic mass is 9.81. The molecule has 73 heavy (non-hydrogen) atoms. The molecule has 0 amide bonds. The van der Waals surface area contributed by atoms with Crippen molar-refractivity contribution in [1.82, 2.24) is 4.57 Å². The van der Waals surface area contributed by atoms with Crippen molar-refractivity contribution in [2.45, 2.75) is 19.3 Å². The molecule has 0 fully saturated rings. The van der Waals surface area contributed by atoms with Crippen LogP contribution in [0, 0.1) is 0 Å². The third kappa shape index (κ3) is 5.96. The maximum absolute atomic E-state index is 2.49. The van der Waals surface area contributed by atoms with E-state index in [9.17, 15) is 0 Å². The predicted molar refractivity (Wildman–Crippen MR) is 315 cm³/mol. The van der Waals surface area contributed by atoms with E-state index >= 15 is 0 Å². The van der Waals surface area contributed by atoms with Gasteiger partial charge < -0.3 is 4.57 Å². The van der Waals surface area contributed by atoms with Gasteiger partial charge in [-0.3, -0.25) is 0 Å². The first-order chi connectivity index (χ1) is 35.9. The summed E-state index contributed by atoms with van der Waals surface area (Å²) in [6, 6.07) is 89.3. The average Bonchev–Trinajstić information content (AvgIpc) is 4.08. The van der Waals surface area contributed by atoms with Crippen molar-refractivity contribution in [2.24, 2.45) is 0 Å². The molecule has 0 saturated heterocycles. The SMILES string of the molecule is CC1(C)c2cc(-c3ccc4sc5ccc(-c6ccc7c(c6)c6ccccc6c6cc8c(cc76)c6cc7ccccc7cc6n8-c6cccc(-c7ccccc7)c6)cc5c4c3)ccc2-c2c1ccc1ccccc21. The Morgan fingerprint density at radius 3 is 1.59 bits per heavy atom. The van der Waals surface area contributed by atoms with E-state index in [1.165, 1.54) is 151 Å². The summed E-state index contributed by atoms with van der Waals surface area (Å²) in [6.45, 7) is 4.77. The fourth-order valence-electron chi connectivity index (χ4n) is 12.9. The van der Waals surface area contributed by atoms with Gasteiger partial charge >= 0.3 is 0 Å². The summed E-state index contributed by atoms with van der Waals surface area (Å²) in [5.41, 5.74) is 16.5. The van der Waals surface area contributed by atoms with E-state index in [1.54, 1.807) is 0 Å². The van der Waals surface area contributed by atoms with Crippen molar-refractivity contribution in [3.8, 4) is 50.2 Å². The van der Waals surface area contributed by atoms with Crippen LogP contribution < -0.4 is 0 Å². The first kappa shape index (κ1) is 40.9. The fraction of sp³-hybridized carbons (Fsp3) is 0.0423. The van der Waals surface area contributed by atoms with Crippen LogP contribution >= 0.6 is 11.3 Å². The van der Waals surface area contributed by atoms with E-state index in [4.69, 9.17) is 0 Å². The van der Waals surface area contributed by atoms with Gasteiger partial charge in [-0.15, -0.1) is 11.3 Å². The van der Waals surface area contributed by atoms with Crippen molar-refractivity contribution >= 4 is 107 Å². The Balaban J connectivity index is 0.847. The topological polar surface area (TPSA) is 4.93 Å². The Hall–Kier alpha value is -8.82. The number of thiophene rings is 1. The molecule has 0 N–H and O–H groups in total. The van der Waals surface area contributed by atoms with Crippen molar-refractivity contribution in [1.29, 1.82) is 0 Å². The summed E-state index contributed by atoms with van der Waals surface area (Å²) < 4.78 is 5.12. The minimum Gasteiger partial charge on any atom is -0.309 e. The second kappa shape index (κ2) is 15.1. The van der Waals surface area contributed by atoms with Crippen molar-refractivity contribution < 1.29 is 0 Å². The highest BCUT2D eigenvalue weighted by atomic mass is 32.1.